The van der Waals surface area contributed by atoms with Crippen molar-refractivity contribution in [1.82, 2.24) is 9.97 Å². The van der Waals surface area contributed by atoms with E-state index in [1.807, 2.05) is 0 Å². The van der Waals surface area contributed by atoms with Crippen molar-refractivity contribution >= 4 is 5.97 Å². The number of hydrogen-bond acceptors (Lipinski definition) is 4. The Kier molecular flexibility index (Phi) is 2.98. The van der Waals surface area contributed by atoms with Crippen molar-refractivity contribution in [2.24, 2.45) is 0 Å². The van der Waals surface area contributed by atoms with Crippen molar-refractivity contribution in [3.63, 3.8) is 0 Å². The van der Waals surface area contributed by atoms with Crippen molar-refractivity contribution in [2.45, 2.75) is 18.8 Å². The molecule has 2 N–H and O–H groups in total. The van der Waals surface area contributed by atoms with Crippen molar-refractivity contribution < 1.29 is 14.6 Å². The van der Waals surface area contributed by atoms with Crippen LogP contribution in [0, 0.1) is 0 Å². The minimum Gasteiger partial charge on any atom is -0.478 e. The molecule has 0 spiro atoms. The fourth-order valence-corrected chi connectivity index (χ4v) is 1.87. The molecule has 6 nitrogen and oxygen atoms in total. The Bertz CT molecular complexity index is 719. The highest BCUT2D eigenvalue weighted by atomic mass is 16.5. The van der Waals surface area contributed by atoms with Crippen LogP contribution in [-0.2, 0) is 0 Å². The highest BCUT2D eigenvalue weighted by molar-refractivity contribution is 5.88. The lowest BCUT2D eigenvalue weighted by atomic mass is 10.2. The molecule has 0 unspecified atom stereocenters. The van der Waals surface area contributed by atoms with Gasteiger partial charge >= 0.3 is 5.97 Å². The molecule has 1 fully saturated rings. The summed E-state index contributed by atoms with van der Waals surface area (Å²) >= 11 is 0. The molecule has 1 saturated carbocycles. The lowest BCUT2D eigenvalue weighted by Crippen LogP contribution is -2.10. The van der Waals surface area contributed by atoms with Gasteiger partial charge in [-0.3, -0.25) is 4.79 Å². The average Bonchev–Trinajstić information content (AvgIpc) is 3.22. The lowest BCUT2D eigenvalue weighted by Gasteiger charge is -2.06. The fourth-order valence-electron chi connectivity index (χ4n) is 1.87. The molecule has 1 heterocycles. The Morgan fingerprint density at radius 1 is 1.35 bits per heavy atom. The maximum absolute atomic E-state index is 11.5. The van der Waals surface area contributed by atoms with Gasteiger partial charge in [0.05, 0.1) is 11.6 Å². The van der Waals surface area contributed by atoms with Crippen LogP contribution in [-0.4, -0.2) is 21.0 Å². The molecule has 0 radical (unpaired) electrons. The number of benzene rings is 1. The Balaban J connectivity index is 1.89. The zero-order chi connectivity index (χ0) is 14.1. The summed E-state index contributed by atoms with van der Waals surface area (Å²) in [4.78, 5) is 29.3. The van der Waals surface area contributed by atoms with Gasteiger partial charge in [0.2, 0.25) is 5.88 Å². The molecular formula is C14H12N2O4. The summed E-state index contributed by atoms with van der Waals surface area (Å²) in [5.74, 6) is 0.411. The number of carboxylic acid groups (broad SMARTS) is 1. The summed E-state index contributed by atoms with van der Waals surface area (Å²) in [5.41, 5.74) is -0.152. The molecule has 20 heavy (non-hydrogen) atoms. The summed E-state index contributed by atoms with van der Waals surface area (Å²) < 4.78 is 5.47. The molecular weight excluding hydrogens is 260 g/mol. The molecule has 1 aliphatic carbocycles. The first-order chi connectivity index (χ1) is 9.61. The predicted octanol–water partition coefficient (Wildman–Crippen LogP) is 2.14. The minimum atomic E-state index is -1.03. The van der Waals surface area contributed by atoms with Gasteiger partial charge in [-0.1, -0.05) is 6.07 Å². The van der Waals surface area contributed by atoms with Crippen molar-refractivity contribution in [1.29, 1.82) is 0 Å². The summed E-state index contributed by atoms with van der Waals surface area (Å²) in [6.07, 6.45) is 2.03. The van der Waals surface area contributed by atoms with E-state index in [-0.39, 0.29) is 17.0 Å². The standard InChI is InChI=1S/C14H12N2O4/c17-11-7-12(16-13(15-11)8-4-5-8)20-10-3-1-2-9(6-10)14(18)19/h1-3,6-8H,4-5H2,(H,18,19)(H,15,16,17). The van der Waals surface area contributed by atoms with Gasteiger partial charge in [-0.2, -0.15) is 4.98 Å². The Morgan fingerprint density at radius 3 is 2.85 bits per heavy atom. The maximum atomic E-state index is 11.5. The number of aromatic nitrogens is 2. The second-order valence-corrected chi connectivity index (χ2v) is 4.68. The van der Waals surface area contributed by atoms with Crippen LogP contribution in [0.25, 0.3) is 0 Å². The second kappa shape index (κ2) is 4.80. The van der Waals surface area contributed by atoms with Gasteiger partial charge in [0, 0.05) is 5.92 Å². The number of ether oxygens (including phenoxy) is 1. The van der Waals surface area contributed by atoms with E-state index in [2.05, 4.69) is 9.97 Å². The molecule has 2 aromatic rings. The van der Waals surface area contributed by atoms with Crippen LogP contribution in [0.2, 0.25) is 0 Å². The van der Waals surface area contributed by atoms with Crippen LogP contribution in [0.5, 0.6) is 11.6 Å². The average molecular weight is 272 g/mol. The van der Waals surface area contributed by atoms with Crippen molar-refractivity contribution in [2.75, 3.05) is 0 Å². The minimum absolute atomic E-state index is 0.120. The van der Waals surface area contributed by atoms with E-state index < -0.39 is 5.97 Å². The Morgan fingerprint density at radius 2 is 2.15 bits per heavy atom. The smallest absolute Gasteiger partial charge is 0.335 e. The maximum Gasteiger partial charge on any atom is 0.335 e. The van der Waals surface area contributed by atoms with Crippen LogP contribution in [0.1, 0.15) is 34.9 Å². The van der Waals surface area contributed by atoms with Gasteiger partial charge in [-0.05, 0) is 31.0 Å². The summed E-state index contributed by atoms with van der Waals surface area (Å²) in [7, 11) is 0. The van der Waals surface area contributed by atoms with E-state index >= 15 is 0 Å². The highest BCUT2D eigenvalue weighted by Gasteiger charge is 2.26. The third kappa shape index (κ3) is 2.69. The first kappa shape index (κ1) is 12.4. The molecule has 6 heteroatoms. The quantitative estimate of drug-likeness (QED) is 0.889. The van der Waals surface area contributed by atoms with E-state index in [4.69, 9.17) is 9.84 Å². The molecule has 0 aliphatic heterocycles. The van der Waals surface area contributed by atoms with E-state index in [1.165, 1.54) is 18.2 Å². The monoisotopic (exact) mass is 272 g/mol. The van der Waals surface area contributed by atoms with Gasteiger partial charge < -0.3 is 14.8 Å². The number of nitrogens with one attached hydrogen (secondary N) is 1. The number of carbonyl (C=O) groups is 1. The zero-order valence-electron chi connectivity index (χ0n) is 10.5. The van der Waals surface area contributed by atoms with Crippen LogP contribution >= 0.6 is 0 Å². The van der Waals surface area contributed by atoms with Crippen molar-refractivity contribution in [3.8, 4) is 11.6 Å². The number of aromatic carboxylic acids is 1. The summed E-state index contributed by atoms with van der Waals surface area (Å²) in [5, 5.41) is 8.92. The van der Waals surface area contributed by atoms with E-state index in [9.17, 15) is 9.59 Å². The number of nitrogens with zero attached hydrogens (tertiary/aromatic N) is 1. The number of rotatable bonds is 4. The van der Waals surface area contributed by atoms with E-state index in [1.54, 1.807) is 12.1 Å². The van der Waals surface area contributed by atoms with Crippen LogP contribution < -0.4 is 10.3 Å². The Labute approximate surface area is 114 Å². The van der Waals surface area contributed by atoms with Crippen LogP contribution in [0.4, 0.5) is 0 Å². The summed E-state index contributed by atoms with van der Waals surface area (Å²) in [6.45, 7) is 0. The highest BCUT2D eigenvalue weighted by Crippen LogP contribution is 2.38. The normalized spacial score (nSPS) is 14.0. The number of carboxylic acids is 1. The van der Waals surface area contributed by atoms with E-state index in [0.29, 0.717) is 17.5 Å². The van der Waals surface area contributed by atoms with Gasteiger partial charge in [0.25, 0.3) is 5.56 Å². The van der Waals surface area contributed by atoms with E-state index in [0.717, 1.165) is 12.8 Å². The third-order valence-corrected chi connectivity index (χ3v) is 3.00. The number of hydrogen-bond donors (Lipinski definition) is 2. The number of H-pyrrole nitrogens is 1. The fraction of sp³-hybridized carbons (Fsp3) is 0.214. The Hall–Kier alpha value is -2.63. The molecule has 1 aromatic carbocycles. The largest absolute Gasteiger partial charge is 0.478 e. The topological polar surface area (TPSA) is 92.3 Å². The molecule has 102 valence electrons. The number of aromatic amines is 1. The third-order valence-electron chi connectivity index (χ3n) is 3.00. The summed E-state index contributed by atoms with van der Waals surface area (Å²) in [6, 6.07) is 7.30. The molecule has 0 atom stereocenters. The molecule has 0 bridgehead atoms. The molecule has 1 aliphatic rings. The van der Waals surface area contributed by atoms with Gasteiger partial charge in [-0.25, -0.2) is 4.79 Å². The molecule has 0 saturated heterocycles. The zero-order valence-corrected chi connectivity index (χ0v) is 10.5. The second-order valence-electron chi connectivity index (χ2n) is 4.68. The van der Waals surface area contributed by atoms with Gasteiger partial charge in [0.15, 0.2) is 0 Å². The molecule has 1 aromatic heterocycles. The van der Waals surface area contributed by atoms with Crippen molar-refractivity contribution in [3.05, 3.63) is 52.1 Å². The SMILES string of the molecule is O=C(O)c1cccc(Oc2cc(=O)[nH]c(C3CC3)n2)c1. The first-order valence-electron chi connectivity index (χ1n) is 6.24. The first-order valence-corrected chi connectivity index (χ1v) is 6.24. The predicted molar refractivity (Wildman–Crippen MR) is 70.3 cm³/mol. The van der Waals surface area contributed by atoms with Gasteiger partial charge in [-0.15, -0.1) is 0 Å². The van der Waals surface area contributed by atoms with Crippen LogP contribution in [0.3, 0.4) is 0 Å². The van der Waals surface area contributed by atoms with Crippen LogP contribution in [0.15, 0.2) is 35.1 Å². The molecule has 0 amide bonds. The van der Waals surface area contributed by atoms with Gasteiger partial charge in [0.1, 0.15) is 11.6 Å². The lowest BCUT2D eigenvalue weighted by molar-refractivity contribution is 0.0696. The molecule has 3 rings (SSSR count).